The lowest BCUT2D eigenvalue weighted by Crippen LogP contribution is -2.55. The van der Waals surface area contributed by atoms with E-state index in [0.717, 1.165) is 13.1 Å². The highest BCUT2D eigenvalue weighted by molar-refractivity contribution is 5.99. The van der Waals surface area contributed by atoms with Crippen LogP contribution < -0.4 is 0 Å². The van der Waals surface area contributed by atoms with Crippen molar-refractivity contribution in [1.29, 1.82) is 0 Å². The second-order valence-corrected chi connectivity index (χ2v) is 4.05. The Morgan fingerprint density at radius 2 is 1.73 bits per heavy atom. The largest absolute Gasteiger partial charge is 0.308 e. The van der Waals surface area contributed by atoms with Gasteiger partial charge in [0.1, 0.15) is 0 Å². The molecule has 1 rings (SSSR count). The molecular formula is C10H19N3O2. The van der Waals surface area contributed by atoms with Gasteiger partial charge in [0.15, 0.2) is 0 Å². The number of rotatable bonds is 4. The smallest absolute Gasteiger partial charge is 0.243 e. The Labute approximate surface area is 90.6 Å². The summed E-state index contributed by atoms with van der Waals surface area (Å²) in [6.07, 6.45) is 0. The van der Waals surface area contributed by atoms with Gasteiger partial charge in [0.25, 0.3) is 0 Å². The summed E-state index contributed by atoms with van der Waals surface area (Å²) in [4.78, 5) is 28.5. The molecule has 0 bridgehead atoms. The molecule has 0 aromatic heterocycles. The quantitative estimate of drug-likeness (QED) is 0.576. The Kier molecular flexibility index (Phi) is 4.23. The first-order chi connectivity index (χ1) is 7.04. The minimum Gasteiger partial charge on any atom is -0.308 e. The summed E-state index contributed by atoms with van der Waals surface area (Å²) in [5.41, 5.74) is 0. The van der Waals surface area contributed by atoms with Crippen molar-refractivity contribution in [3.05, 3.63) is 0 Å². The lowest BCUT2D eigenvalue weighted by molar-refractivity contribution is -0.151. The lowest BCUT2D eigenvalue weighted by Gasteiger charge is -2.32. The molecular weight excluding hydrogens is 194 g/mol. The first kappa shape index (κ1) is 12.1. The van der Waals surface area contributed by atoms with Crippen LogP contribution in [0.3, 0.4) is 0 Å². The molecule has 0 aromatic rings. The van der Waals surface area contributed by atoms with Crippen molar-refractivity contribution in [2.45, 2.75) is 6.92 Å². The average Bonchev–Trinajstić information content (AvgIpc) is 2.15. The number of nitrogens with zero attached hydrogens (tertiary/aromatic N) is 3. The van der Waals surface area contributed by atoms with Gasteiger partial charge in [-0.15, -0.1) is 0 Å². The van der Waals surface area contributed by atoms with Crippen LogP contribution in [0.15, 0.2) is 0 Å². The normalized spacial score (nSPS) is 19.1. The maximum Gasteiger partial charge on any atom is 0.243 e. The summed E-state index contributed by atoms with van der Waals surface area (Å²) in [5.74, 6) is -0.148. The molecule has 0 N–H and O–H groups in total. The van der Waals surface area contributed by atoms with Crippen LogP contribution in [0.5, 0.6) is 0 Å². The summed E-state index contributed by atoms with van der Waals surface area (Å²) in [6.45, 7) is 4.67. The molecule has 0 saturated carbocycles. The SMILES string of the molecule is CCN1CC(=O)N(CCN(C)C)C(=O)C1. The van der Waals surface area contributed by atoms with Gasteiger partial charge in [0, 0.05) is 13.1 Å². The fraction of sp³-hybridized carbons (Fsp3) is 0.800. The van der Waals surface area contributed by atoms with Gasteiger partial charge in [-0.3, -0.25) is 19.4 Å². The van der Waals surface area contributed by atoms with Crippen molar-refractivity contribution in [3.8, 4) is 0 Å². The number of amides is 2. The van der Waals surface area contributed by atoms with Crippen LogP contribution in [0.1, 0.15) is 6.92 Å². The van der Waals surface area contributed by atoms with Crippen LogP contribution >= 0.6 is 0 Å². The molecule has 15 heavy (non-hydrogen) atoms. The van der Waals surface area contributed by atoms with E-state index >= 15 is 0 Å². The maximum absolute atomic E-state index is 11.6. The van der Waals surface area contributed by atoms with E-state index in [4.69, 9.17) is 0 Å². The number of imide groups is 1. The Morgan fingerprint density at radius 3 is 2.13 bits per heavy atom. The molecule has 1 fully saturated rings. The second kappa shape index (κ2) is 5.23. The molecule has 1 saturated heterocycles. The maximum atomic E-state index is 11.6. The number of likely N-dealkylation sites (N-methyl/N-ethyl adjacent to an activating group) is 2. The molecule has 0 atom stereocenters. The second-order valence-electron chi connectivity index (χ2n) is 4.05. The first-order valence-electron chi connectivity index (χ1n) is 5.25. The minimum absolute atomic E-state index is 0.0741. The van der Waals surface area contributed by atoms with Gasteiger partial charge < -0.3 is 4.90 Å². The predicted molar refractivity (Wildman–Crippen MR) is 57.4 cm³/mol. The molecule has 0 unspecified atom stereocenters. The van der Waals surface area contributed by atoms with E-state index in [1.807, 2.05) is 30.8 Å². The summed E-state index contributed by atoms with van der Waals surface area (Å²) in [7, 11) is 3.86. The third-order valence-corrected chi connectivity index (χ3v) is 2.54. The van der Waals surface area contributed by atoms with Gasteiger partial charge in [-0.1, -0.05) is 6.92 Å². The number of carbonyl (C=O) groups excluding carboxylic acids is 2. The molecule has 1 heterocycles. The molecule has 2 amide bonds. The van der Waals surface area contributed by atoms with E-state index in [2.05, 4.69) is 0 Å². The molecule has 0 radical (unpaired) electrons. The third kappa shape index (κ3) is 3.28. The minimum atomic E-state index is -0.0741. The van der Waals surface area contributed by atoms with E-state index in [1.165, 1.54) is 4.90 Å². The Hall–Kier alpha value is -0.940. The highest BCUT2D eigenvalue weighted by Gasteiger charge is 2.29. The van der Waals surface area contributed by atoms with Crippen molar-refractivity contribution in [3.63, 3.8) is 0 Å². The lowest BCUT2D eigenvalue weighted by atomic mass is 10.3. The van der Waals surface area contributed by atoms with Gasteiger partial charge >= 0.3 is 0 Å². The standard InChI is InChI=1S/C10H19N3O2/c1-4-12-7-9(14)13(10(15)8-12)6-5-11(2)3/h4-8H2,1-3H3. The van der Waals surface area contributed by atoms with Gasteiger partial charge in [-0.25, -0.2) is 0 Å². The van der Waals surface area contributed by atoms with E-state index in [-0.39, 0.29) is 11.8 Å². The molecule has 5 nitrogen and oxygen atoms in total. The zero-order valence-electron chi connectivity index (χ0n) is 9.69. The summed E-state index contributed by atoms with van der Waals surface area (Å²) >= 11 is 0. The number of hydrogen-bond acceptors (Lipinski definition) is 4. The monoisotopic (exact) mass is 213 g/mol. The summed E-state index contributed by atoms with van der Waals surface area (Å²) < 4.78 is 0. The van der Waals surface area contributed by atoms with Crippen LogP contribution in [0.4, 0.5) is 0 Å². The van der Waals surface area contributed by atoms with E-state index < -0.39 is 0 Å². The van der Waals surface area contributed by atoms with Crippen molar-refractivity contribution in [2.24, 2.45) is 0 Å². The molecule has 86 valence electrons. The number of carbonyl (C=O) groups is 2. The van der Waals surface area contributed by atoms with Crippen molar-refractivity contribution >= 4 is 11.8 Å². The van der Waals surface area contributed by atoms with Crippen LogP contribution in [0, 0.1) is 0 Å². The Balaban J connectivity index is 2.51. The molecule has 0 aliphatic carbocycles. The first-order valence-corrected chi connectivity index (χ1v) is 5.25. The molecule has 0 aromatic carbocycles. The van der Waals surface area contributed by atoms with Gasteiger partial charge in [0.2, 0.25) is 11.8 Å². The average molecular weight is 213 g/mol. The highest BCUT2D eigenvalue weighted by Crippen LogP contribution is 2.04. The van der Waals surface area contributed by atoms with E-state index in [9.17, 15) is 9.59 Å². The highest BCUT2D eigenvalue weighted by atomic mass is 16.2. The van der Waals surface area contributed by atoms with Crippen molar-refractivity contribution < 1.29 is 9.59 Å². The van der Waals surface area contributed by atoms with Gasteiger partial charge in [-0.2, -0.15) is 0 Å². The fourth-order valence-corrected chi connectivity index (χ4v) is 1.52. The summed E-state index contributed by atoms with van der Waals surface area (Å²) in [6, 6.07) is 0. The van der Waals surface area contributed by atoms with Crippen LogP contribution in [-0.2, 0) is 9.59 Å². The van der Waals surface area contributed by atoms with Crippen LogP contribution in [0.25, 0.3) is 0 Å². The van der Waals surface area contributed by atoms with Crippen LogP contribution in [0.2, 0.25) is 0 Å². The van der Waals surface area contributed by atoms with Crippen LogP contribution in [-0.4, -0.2) is 73.3 Å². The third-order valence-electron chi connectivity index (χ3n) is 2.54. The fourth-order valence-electron chi connectivity index (χ4n) is 1.52. The van der Waals surface area contributed by atoms with Crippen molar-refractivity contribution in [1.82, 2.24) is 14.7 Å². The number of piperazine rings is 1. The van der Waals surface area contributed by atoms with Gasteiger partial charge in [-0.05, 0) is 20.6 Å². The summed E-state index contributed by atoms with van der Waals surface area (Å²) in [5, 5.41) is 0. The predicted octanol–water partition coefficient (Wildman–Crippen LogP) is -0.761. The van der Waals surface area contributed by atoms with Gasteiger partial charge in [0.05, 0.1) is 13.1 Å². The van der Waals surface area contributed by atoms with E-state index in [0.29, 0.717) is 19.6 Å². The zero-order chi connectivity index (χ0) is 11.4. The molecule has 0 spiro atoms. The topological polar surface area (TPSA) is 43.9 Å². The molecule has 1 aliphatic heterocycles. The Morgan fingerprint density at radius 1 is 1.20 bits per heavy atom. The number of hydrogen-bond donors (Lipinski definition) is 0. The Bertz CT molecular complexity index is 235. The van der Waals surface area contributed by atoms with Crippen molar-refractivity contribution in [2.75, 3.05) is 46.8 Å². The zero-order valence-corrected chi connectivity index (χ0v) is 9.69. The molecule has 1 aliphatic rings. The molecule has 5 heteroatoms. The van der Waals surface area contributed by atoms with E-state index in [1.54, 1.807) is 0 Å².